The number of hydrogen-bond acceptors (Lipinski definition) is 6. The van der Waals surface area contributed by atoms with E-state index in [4.69, 9.17) is 15.2 Å². The zero-order valence-corrected chi connectivity index (χ0v) is 14.1. The van der Waals surface area contributed by atoms with Crippen LogP contribution in [0.4, 0.5) is 5.13 Å². The van der Waals surface area contributed by atoms with E-state index in [0.717, 1.165) is 16.0 Å². The van der Waals surface area contributed by atoms with Gasteiger partial charge in [-0.25, -0.2) is 4.98 Å². The standard InChI is InChI=1S/C14H19N3O3S.ClH/c1-3-20-9-4-5-11-12(6-9)21-14(16-11)17-13(18)7-10(8-15)19-2;/h4-6,10H,3,7-8,15H2,1-2H3,(H,16,17,18);1H. The van der Waals surface area contributed by atoms with Crippen molar-refractivity contribution in [2.45, 2.75) is 19.4 Å². The average molecular weight is 346 g/mol. The highest BCUT2D eigenvalue weighted by Crippen LogP contribution is 2.29. The number of anilines is 1. The van der Waals surface area contributed by atoms with Gasteiger partial charge < -0.3 is 20.5 Å². The molecule has 122 valence electrons. The number of nitrogens with one attached hydrogen (secondary N) is 1. The van der Waals surface area contributed by atoms with Crippen LogP contribution in [-0.4, -0.2) is 37.3 Å². The van der Waals surface area contributed by atoms with Gasteiger partial charge in [0.1, 0.15) is 5.75 Å². The molecule has 1 unspecified atom stereocenters. The molecule has 1 aromatic carbocycles. The van der Waals surface area contributed by atoms with Gasteiger partial charge in [-0.05, 0) is 25.1 Å². The molecule has 2 rings (SSSR count). The highest BCUT2D eigenvalue weighted by Gasteiger charge is 2.13. The minimum absolute atomic E-state index is 0. The number of benzene rings is 1. The second kappa shape index (κ2) is 8.89. The first-order chi connectivity index (χ1) is 10.2. The lowest BCUT2D eigenvalue weighted by molar-refractivity contribution is -0.118. The van der Waals surface area contributed by atoms with Crippen molar-refractivity contribution >= 4 is 45.0 Å². The molecule has 0 aliphatic carbocycles. The molecule has 1 atom stereocenters. The SMILES string of the molecule is CCOc1ccc2nc(NC(=O)CC(CN)OC)sc2c1.Cl. The van der Waals surface area contributed by atoms with Crippen LogP contribution in [-0.2, 0) is 9.53 Å². The van der Waals surface area contributed by atoms with Crippen molar-refractivity contribution in [1.29, 1.82) is 0 Å². The molecular formula is C14H20ClN3O3S. The molecule has 0 saturated carbocycles. The van der Waals surface area contributed by atoms with Crippen LogP contribution in [0.15, 0.2) is 18.2 Å². The van der Waals surface area contributed by atoms with Gasteiger partial charge in [0.15, 0.2) is 5.13 Å². The Morgan fingerprint density at radius 1 is 1.50 bits per heavy atom. The van der Waals surface area contributed by atoms with Crippen LogP contribution in [0.1, 0.15) is 13.3 Å². The van der Waals surface area contributed by atoms with Gasteiger partial charge in [-0.15, -0.1) is 12.4 Å². The lowest BCUT2D eigenvalue weighted by Gasteiger charge is -2.11. The predicted octanol–water partition coefficient (Wildman–Crippen LogP) is 2.42. The van der Waals surface area contributed by atoms with Crippen LogP contribution in [0.25, 0.3) is 10.2 Å². The summed E-state index contributed by atoms with van der Waals surface area (Å²) >= 11 is 1.41. The second-order valence-corrected chi connectivity index (χ2v) is 5.46. The summed E-state index contributed by atoms with van der Waals surface area (Å²) in [5.74, 6) is 0.644. The number of hydrogen-bond donors (Lipinski definition) is 2. The fraction of sp³-hybridized carbons (Fsp3) is 0.429. The summed E-state index contributed by atoms with van der Waals surface area (Å²) in [6.07, 6.45) is -0.0587. The van der Waals surface area contributed by atoms with Gasteiger partial charge in [0.05, 0.1) is 29.3 Å². The van der Waals surface area contributed by atoms with Gasteiger partial charge in [0.25, 0.3) is 0 Å². The average Bonchev–Trinajstić information content (AvgIpc) is 2.86. The number of carbonyl (C=O) groups excluding carboxylic acids is 1. The third-order valence-corrected chi connectivity index (χ3v) is 3.86. The number of fused-ring (bicyclic) bond motifs is 1. The summed E-state index contributed by atoms with van der Waals surface area (Å²) in [6, 6.07) is 5.67. The zero-order chi connectivity index (χ0) is 15.2. The van der Waals surface area contributed by atoms with Gasteiger partial charge in [0, 0.05) is 13.7 Å². The molecule has 0 aliphatic heterocycles. The van der Waals surface area contributed by atoms with E-state index in [1.54, 1.807) is 0 Å². The summed E-state index contributed by atoms with van der Waals surface area (Å²) in [5.41, 5.74) is 6.33. The monoisotopic (exact) mass is 345 g/mol. The van der Waals surface area contributed by atoms with Gasteiger partial charge in [0.2, 0.25) is 5.91 Å². The summed E-state index contributed by atoms with van der Waals surface area (Å²) < 4.78 is 11.5. The Morgan fingerprint density at radius 3 is 2.91 bits per heavy atom. The van der Waals surface area contributed by atoms with Crippen molar-refractivity contribution in [2.75, 3.05) is 25.6 Å². The van der Waals surface area contributed by atoms with Crippen molar-refractivity contribution in [3.05, 3.63) is 18.2 Å². The molecule has 0 fully saturated rings. The number of nitrogens with two attached hydrogens (primary N) is 1. The molecule has 1 aromatic heterocycles. The van der Waals surface area contributed by atoms with Crippen LogP contribution >= 0.6 is 23.7 Å². The molecule has 6 nitrogen and oxygen atoms in total. The van der Waals surface area contributed by atoms with Crippen molar-refractivity contribution in [3.63, 3.8) is 0 Å². The Hall–Kier alpha value is -1.41. The van der Waals surface area contributed by atoms with E-state index < -0.39 is 0 Å². The highest BCUT2D eigenvalue weighted by atomic mass is 35.5. The Kier molecular flexibility index (Phi) is 7.53. The molecule has 8 heteroatoms. The minimum atomic E-state index is -0.274. The fourth-order valence-corrected chi connectivity index (χ4v) is 2.77. The van der Waals surface area contributed by atoms with Crippen molar-refractivity contribution in [2.24, 2.45) is 5.73 Å². The topological polar surface area (TPSA) is 86.5 Å². The molecule has 22 heavy (non-hydrogen) atoms. The number of halogens is 1. The number of rotatable bonds is 7. The Bertz CT molecular complexity index is 616. The molecule has 1 heterocycles. The van der Waals surface area contributed by atoms with Crippen LogP contribution in [0.5, 0.6) is 5.75 Å². The molecule has 0 bridgehead atoms. The molecule has 2 aromatic rings. The predicted molar refractivity (Wildman–Crippen MR) is 91.1 cm³/mol. The maximum absolute atomic E-state index is 11.9. The molecular weight excluding hydrogens is 326 g/mol. The van der Waals surface area contributed by atoms with E-state index in [2.05, 4.69) is 10.3 Å². The van der Waals surface area contributed by atoms with Crippen molar-refractivity contribution in [1.82, 2.24) is 4.98 Å². The zero-order valence-electron chi connectivity index (χ0n) is 12.5. The summed E-state index contributed by atoms with van der Waals surface area (Å²) in [6.45, 7) is 2.86. The summed E-state index contributed by atoms with van der Waals surface area (Å²) in [4.78, 5) is 16.3. The van der Waals surface area contributed by atoms with Crippen molar-refractivity contribution in [3.8, 4) is 5.75 Å². The van der Waals surface area contributed by atoms with Crippen LogP contribution < -0.4 is 15.8 Å². The number of nitrogens with zero attached hydrogens (tertiary/aromatic N) is 1. The van der Waals surface area contributed by atoms with Crippen LogP contribution in [0.2, 0.25) is 0 Å². The highest BCUT2D eigenvalue weighted by molar-refractivity contribution is 7.22. The quantitative estimate of drug-likeness (QED) is 0.804. The maximum atomic E-state index is 11.9. The van der Waals surface area contributed by atoms with Gasteiger partial charge in [-0.3, -0.25) is 4.79 Å². The summed E-state index contributed by atoms with van der Waals surface area (Å²) in [5, 5.41) is 3.34. The van der Waals surface area contributed by atoms with Gasteiger partial charge in [-0.1, -0.05) is 11.3 Å². The number of aromatic nitrogens is 1. The Balaban J connectivity index is 0.00000242. The molecule has 3 N–H and O–H groups in total. The molecule has 1 amide bonds. The lowest BCUT2D eigenvalue weighted by atomic mass is 10.2. The number of thiazole rings is 1. The van der Waals surface area contributed by atoms with E-state index in [1.807, 2.05) is 25.1 Å². The number of methoxy groups -OCH3 is 1. The normalized spacial score (nSPS) is 11.8. The number of ether oxygens (including phenoxy) is 2. The third-order valence-electron chi connectivity index (χ3n) is 2.93. The van der Waals surface area contributed by atoms with E-state index in [1.165, 1.54) is 18.4 Å². The van der Waals surface area contributed by atoms with E-state index >= 15 is 0 Å². The Morgan fingerprint density at radius 2 is 2.27 bits per heavy atom. The van der Waals surface area contributed by atoms with E-state index in [9.17, 15) is 4.79 Å². The second-order valence-electron chi connectivity index (χ2n) is 4.43. The summed E-state index contributed by atoms with van der Waals surface area (Å²) in [7, 11) is 1.54. The van der Waals surface area contributed by atoms with E-state index in [0.29, 0.717) is 18.3 Å². The molecule has 0 aliphatic rings. The lowest BCUT2D eigenvalue weighted by Crippen LogP contribution is -2.28. The molecule has 0 spiro atoms. The number of carbonyl (C=O) groups is 1. The molecule has 0 saturated heterocycles. The minimum Gasteiger partial charge on any atom is -0.494 e. The molecule has 0 radical (unpaired) electrons. The number of amides is 1. The van der Waals surface area contributed by atoms with E-state index in [-0.39, 0.29) is 30.8 Å². The first-order valence-corrected chi connectivity index (χ1v) is 7.54. The maximum Gasteiger partial charge on any atom is 0.228 e. The largest absolute Gasteiger partial charge is 0.494 e. The van der Waals surface area contributed by atoms with Gasteiger partial charge >= 0.3 is 0 Å². The van der Waals surface area contributed by atoms with Crippen LogP contribution in [0.3, 0.4) is 0 Å². The van der Waals surface area contributed by atoms with Crippen LogP contribution in [0, 0.1) is 0 Å². The smallest absolute Gasteiger partial charge is 0.228 e. The van der Waals surface area contributed by atoms with Crippen molar-refractivity contribution < 1.29 is 14.3 Å². The fourth-order valence-electron chi connectivity index (χ4n) is 1.85. The third kappa shape index (κ3) is 4.81. The first kappa shape index (κ1) is 18.6. The van der Waals surface area contributed by atoms with Gasteiger partial charge in [-0.2, -0.15) is 0 Å². The first-order valence-electron chi connectivity index (χ1n) is 6.72. The Labute approximate surface area is 139 Å².